The summed E-state index contributed by atoms with van der Waals surface area (Å²) >= 11 is 0. The van der Waals surface area contributed by atoms with Crippen LogP contribution < -0.4 is 5.32 Å². The van der Waals surface area contributed by atoms with Gasteiger partial charge in [-0.25, -0.2) is 0 Å². The van der Waals surface area contributed by atoms with Gasteiger partial charge in [0.15, 0.2) is 0 Å². The molecule has 1 aromatic heterocycles. The molecule has 2 aromatic carbocycles. The molecule has 0 saturated heterocycles. The molecule has 0 aliphatic rings. The molecule has 0 radical (unpaired) electrons. The van der Waals surface area contributed by atoms with Crippen LogP contribution in [0.3, 0.4) is 0 Å². The average Bonchev–Trinajstić information content (AvgIpc) is 2.90. The van der Waals surface area contributed by atoms with Gasteiger partial charge in [-0.15, -0.1) is 0 Å². The zero-order valence-electron chi connectivity index (χ0n) is 13.2. The Morgan fingerprint density at radius 3 is 2.65 bits per heavy atom. The van der Waals surface area contributed by atoms with Crippen molar-refractivity contribution in [1.82, 2.24) is 5.32 Å². The first-order valence-corrected chi connectivity index (χ1v) is 7.57. The van der Waals surface area contributed by atoms with E-state index in [1.165, 1.54) is 0 Å². The van der Waals surface area contributed by atoms with Crippen molar-refractivity contribution in [3.8, 4) is 0 Å². The van der Waals surface area contributed by atoms with Crippen molar-refractivity contribution in [1.29, 1.82) is 0 Å². The van der Waals surface area contributed by atoms with Gasteiger partial charge < -0.3 is 14.8 Å². The molecule has 0 fully saturated rings. The lowest BCUT2D eigenvalue weighted by atomic mass is 10.0. The number of benzene rings is 2. The number of furan rings is 1. The summed E-state index contributed by atoms with van der Waals surface area (Å²) in [6.45, 7) is 3.70. The van der Waals surface area contributed by atoms with Gasteiger partial charge in [0.1, 0.15) is 11.5 Å². The molecule has 1 unspecified atom stereocenters. The van der Waals surface area contributed by atoms with Gasteiger partial charge in [0.2, 0.25) is 0 Å². The summed E-state index contributed by atoms with van der Waals surface area (Å²) in [5, 5.41) is 15.3. The highest BCUT2D eigenvalue weighted by Gasteiger charge is 2.16. The number of hydrogen-bond donors (Lipinski definition) is 2. The van der Waals surface area contributed by atoms with E-state index in [9.17, 15) is 9.90 Å². The smallest absolute Gasteiger partial charge is 0.254 e. The van der Waals surface area contributed by atoms with Crippen LogP contribution in [0.25, 0.3) is 10.8 Å². The standard InChI is InChI=1S/C19H19NO3/c1-12-10-17(13(2)23-12)19(22)20-11-18(21)16-9-5-7-14-6-3-4-8-15(14)16/h3-10,18,21H,11H2,1-2H3,(H,20,22). The first kappa shape index (κ1) is 15.3. The molecule has 0 spiro atoms. The maximum atomic E-state index is 12.2. The second kappa shape index (κ2) is 6.26. The number of fused-ring (bicyclic) bond motifs is 1. The fraction of sp³-hybridized carbons (Fsp3) is 0.211. The highest BCUT2D eigenvalue weighted by molar-refractivity contribution is 5.95. The molecule has 3 aromatic rings. The zero-order chi connectivity index (χ0) is 16.4. The van der Waals surface area contributed by atoms with Gasteiger partial charge in [-0.3, -0.25) is 4.79 Å². The van der Waals surface area contributed by atoms with Crippen LogP contribution in [0.2, 0.25) is 0 Å². The quantitative estimate of drug-likeness (QED) is 0.775. The van der Waals surface area contributed by atoms with Gasteiger partial charge in [-0.05, 0) is 36.2 Å². The predicted octanol–water partition coefficient (Wildman–Crippen LogP) is 3.51. The maximum absolute atomic E-state index is 12.2. The first-order chi connectivity index (χ1) is 11.1. The molecular formula is C19H19NO3. The lowest BCUT2D eigenvalue weighted by molar-refractivity contribution is 0.0915. The molecule has 1 amide bonds. The van der Waals surface area contributed by atoms with E-state index in [2.05, 4.69) is 5.32 Å². The third-order valence-electron chi connectivity index (χ3n) is 3.92. The minimum Gasteiger partial charge on any atom is -0.466 e. The van der Waals surface area contributed by atoms with Crippen LogP contribution in [0.5, 0.6) is 0 Å². The lowest BCUT2D eigenvalue weighted by Crippen LogP contribution is -2.28. The molecule has 2 N–H and O–H groups in total. The summed E-state index contributed by atoms with van der Waals surface area (Å²) < 4.78 is 5.36. The second-order valence-electron chi connectivity index (χ2n) is 5.62. The Morgan fingerprint density at radius 2 is 1.91 bits per heavy atom. The number of carbonyl (C=O) groups is 1. The van der Waals surface area contributed by atoms with Crippen molar-refractivity contribution in [3.05, 3.63) is 71.2 Å². The number of aliphatic hydroxyl groups is 1. The van der Waals surface area contributed by atoms with E-state index in [1.807, 2.05) is 42.5 Å². The number of aliphatic hydroxyl groups excluding tert-OH is 1. The van der Waals surface area contributed by atoms with Gasteiger partial charge >= 0.3 is 0 Å². The third-order valence-corrected chi connectivity index (χ3v) is 3.92. The van der Waals surface area contributed by atoms with E-state index in [4.69, 9.17) is 4.42 Å². The Balaban J connectivity index is 1.75. The number of nitrogens with one attached hydrogen (secondary N) is 1. The van der Waals surface area contributed by atoms with Crippen LogP contribution in [0.4, 0.5) is 0 Å². The Hall–Kier alpha value is -2.59. The minimum absolute atomic E-state index is 0.149. The second-order valence-corrected chi connectivity index (χ2v) is 5.62. The van der Waals surface area contributed by atoms with E-state index in [0.717, 1.165) is 16.3 Å². The topological polar surface area (TPSA) is 62.5 Å². The van der Waals surface area contributed by atoms with Crippen molar-refractivity contribution in [2.45, 2.75) is 20.0 Å². The van der Waals surface area contributed by atoms with Gasteiger partial charge in [0, 0.05) is 6.54 Å². The Labute approximate surface area is 134 Å². The van der Waals surface area contributed by atoms with Gasteiger partial charge in [-0.2, -0.15) is 0 Å². The number of aryl methyl sites for hydroxylation is 2. The number of amides is 1. The molecule has 0 aliphatic heterocycles. The van der Waals surface area contributed by atoms with Crippen LogP contribution in [-0.2, 0) is 0 Å². The summed E-state index contributed by atoms with van der Waals surface area (Å²) in [6.07, 6.45) is -0.765. The van der Waals surface area contributed by atoms with Crippen LogP contribution in [0.15, 0.2) is 52.9 Å². The number of carbonyl (C=O) groups excluding carboxylic acids is 1. The molecular weight excluding hydrogens is 290 g/mol. The van der Waals surface area contributed by atoms with Crippen LogP contribution in [0.1, 0.15) is 33.5 Å². The largest absolute Gasteiger partial charge is 0.466 e. The lowest BCUT2D eigenvalue weighted by Gasteiger charge is -2.14. The van der Waals surface area contributed by atoms with Crippen LogP contribution in [0, 0.1) is 13.8 Å². The van der Waals surface area contributed by atoms with E-state index >= 15 is 0 Å². The Bertz CT molecular complexity index is 845. The van der Waals surface area contributed by atoms with Crippen molar-refractivity contribution < 1.29 is 14.3 Å². The van der Waals surface area contributed by atoms with Crippen LogP contribution in [-0.4, -0.2) is 17.6 Å². The molecule has 0 bridgehead atoms. The monoisotopic (exact) mass is 309 g/mol. The van der Waals surface area contributed by atoms with E-state index < -0.39 is 6.10 Å². The zero-order valence-corrected chi connectivity index (χ0v) is 13.2. The first-order valence-electron chi connectivity index (χ1n) is 7.57. The summed E-state index contributed by atoms with van der Waals surface area (Å²) in [7, 11) is 0. The average molecular weight is 309 g/mol. The molecule has 4 heteroatoms. The SMILES string of the molecule is Cc1cc(C(=O)NCC(O)c2cccc3ccccc23)c(C)o1. The number of rotatable bonds is 4. The Morgan fingerprint density at radius 1 is 1.17 bits per heavy atom. The van der Waals surface area contributed by atoms with Crippen molar-refractivity contribution in [2.24, 2.45) is 0 Å². The molecule has 1 heterocycles. The number of hydrogen-bond acceptors (Lipinski definition) is 3. The van der Waals surface area contributed by atoms with E-state index in [1.54, 1.807) is 19.9 Å². The molecule has 23 heavy (non-hydrogen) atoms. The molecule has 0 aliphatic carbocycles. The fourth-order valence-corrected chi connectivity index (χ4v) is 2.79. The van der Waals surface area contributed by atoms with Crippen molar-refractivity contribution in [3.63, 3.8) is 0 Å². The summed E-state index contributed by atoms with van der Waals surface area (Å²) in [5.74, 6) is 1.04. The van der Waals surface area contributed by atoms with Crippen molar-refractivity contribution >= 4 is 16.7 Å². The minimum atomic E-state index is -0.765. The highest BCUT2D eigenvalue weighted by atomic mass is 16.3. The van der Waals surface area contributed by atoms with Crippen molar-refractivity contribution in [2.75, 3.05) is 6.54 Å². The van der Waals surface area contributed by atoms with Gasteiger partial charge in [0.05, 0.1) is 11.7 Å². The molecule has 4 nitrogen and oxygen atoms in total. The molecule has 1 atom stereocenters. The third kappa shape index (κ3) is 3.12. The molecule has 118 valence electrons. The Kier molecular flexibility index (Phi) is 4.17. The van der Waals surface area contributed by atoms with E-state index in [-0.39, 0.29) is 12.5 Å². The summed E-state index contributed by atoms with van der Waals surface area (Å²) in [5.41, 5.74) is 1.32. The molecule has 0 saturated carbocycles. The molecule has 3 rings (SSSR count). The van der Waals surface area contributed by atoms with E-state index in [0.29, 0.717) is 17.1 Å². The fourth-order valence-electron chi connectivity index (χ4n) is 2.79. The summed E-state index contributed by atoms with van der Waals surface area (Å²) in [6, 6.07) is 15.4. The normalized spacial score (nSPS) is 12.3. The van der Waals surface area contributed by atoms with Gasteiger partial charge in [0.25, 0.3) is 5.91 Å². The highest BCUT2D eigenvalue weighted by Crippen LogP contribution is 2.24. The summed E-state index contributed by atoms with van der Waals surface area (Å²) in [4.78, 5) is 12.2. The maximum Gasteiger partial charge on any atom is 0.254 e. The van der Waals surface area contributed by atoms with Gasteiger partial charge in [-0.1, -0.05) is 42.5 Å². The predicted molar refractivity (Wildman–Crippen MR) is 89.4 cm³/mol. The van der Waals surface area contributed by atoms with Crippen LogP contribution >= 0.6 is 0 Å².